The number of alkyl carbamates (subject to hydrolysis) is 1. The molecule has 0 radical (unpaired) electrons. The van der Waals surface area contributed by atoms with Gasteiger partial charge in [0.2, 0.25) is 5.91 Å². The van der Waals surface area contributed by atoms with Crippen LogP contribution in [-0.4, -0.2) is 55.9 Å². The molecule has 7 nitrogen and oxygen atoms in total. The topological polar surface area (TPSA) is 77.1 Å². The molecule has 0 bridgehead atoms. The summed E-state index contributed by atoms with van der Waals surface area (Å²) in [5.41, 5.74) is 3.73. The van der Waals surface area contributed by atoms with Crippen LogP contribution in [0.3, 0.4) is 0 Å². The number of amides is 2. The summed E-state index contributed by atoms with van der Waals surface area (Å²) in [4.78, 5) is 26.2. The van der Waals surface area contributed by atoms with E-state index in [1.165, 1.54) is 24.0 Å². The van der Waals surface area contributed by atoms with E-state index in [0.717, 1.165) is 24.2 Å². The van der Waals surface area contributed by atoms with Crippen LogP contribution in [-0.2, 0) is 33.7 Å². The number of nitrogens with one attached hydrogen (secondary N) is 1. The van der Waals surface area contributed by atoms with Crippen LogP contribution < -0.4 is 10.1 Å². The van der Waals surface area contributed by atoms with E-state index in [0.29, 0.717) is 26.3 Å². The van der Waals surface area contributed by atoms with Gasteiger partial charge in [-0.1, -0.05) is 36.4 Å². The lowest BCUT2D eigenvalue weighted by atomic mass is 9.92. The van der Waals surface area contributed by atoms with Crippen LogP contribution in [0.4, 0.5) is 4.79 Å². The van der Waals surface area contributed by atoms with Gasteiger partial charge in [-0.3, -0.25) is 4.79 Å². The normalized spacial score (nSPS) is 17.7. The van der Waals surface area contributed by atoms with E-state index in [-0.39, 0.29) is 31.6 Å². The van der Waals surface area contributed by atoms with E-state index in [9.17, 15) is 9.59 Å². The Morgan fingerprint density at radius 2 is 1.88 bits per heavy atom. The number of ether oxygens (including phenoxy) is 3. The van der Waals surface area contributed by atoms with Gasteiger partial charge in [0, 0.05) is 19.5 Å². The highest BCUT2D eigenvalue weighted by atomic mass is 16.5. The Morgan fingerprint density at radius 3 is 2.73 bits per heavy atom. The number of morpholine rings is 1. The molecule has 0 unspecified atom stereocenters. The Morgan fingerprint density at radius 1 is 1.06 bits per heavy atom. The van der Waals surface area contributed by atoms with Crippen molar-refractivity contribution >= 4 is 12.0 Å². The molecule has 33 heavy (non-hydrogen) atoms. The zero-order valence-corrected chi connectivity index (χ0v) is 19.0. The summed E-state index contributed by atoms with van der Waals surface area (Å²) >= 11 is 0. The molecule has 0 aromatic heterocycles. The molecule has 1 heterocycles. The number of carbonyl (C=O) groups is 2. The van der Waals surface area contributed by atoms with Crippen LogP contribution in [0.15, 0.2) is 48.5 Å². The SMILES string of the molecule is O=C(NCCC(=O)N1CCO[C@@H](COc2ccc3c(c2)CCCC3)C1)OCc1ccccc1. The molecule has 1 fully saturated rings. The molecule has 1 saturated heterocycles. The van der Waals surface area contributed by atoms with Crippen LogP contribution in [0.5, 0.6) is 5.75 Å². The van der Waals surface area contributed by atoms with Gasteiger partial charge in [-0.2, -0.15) is 0 Å². The predicted molar refractivity (Wildman–Crippen MR) is 124 cm³/mol. The van der Waals surface area contributed by atoms with E-state index in [1.807, 2.05) is 36.4 Å². The molecule has 1 aliphatic carbocycles. The van der Waals surface area contributed by atoms with Crippen molar-refractivity contribution in [3.05, 3.63) is 65.2 Å². The minimum absolute atomic E-state index is 0.0135. The van der Waals surface area contributed by atoms with Crippen LogP contribution in [0, 0.1) is 0 Å². The van der Waals surface area contributed by atoms with E-state index >= 15 is 0 Å². The molecule has 176 valence electrons. The molecule has 0 spiro atoms. The zero-order chi connectivity index (χ0) is 22.9. The van der Waals surface area contributed by atoms with Gasteiger partial charge >= 0.3 is 6.09 Å². The fourth-order valence-electron chi connectivity index (χ4n) is 4.24. The zero-order valence-electron chi connectivity index (χ0n) is 19.0. The first kappa shape index (κ1) is 23.1. The van der Waals surface area contributed by atoms with Crippen LogP contribution in [0.1, 0.15) is 36.0 Å². The summed E-state index contributed by atoms with van der Waals surface area (Å²) in [5.74, 6) is 0.848. The third-order valence-electron chi connectivity index (χ3n) is 6.07. The van der Waals surface area contributed by atoms with E-state index < -0.39 is 6.09 Å². The van der Waals surface area contributed by atoms with Crippen molar-refractivity contribution in [1.82, 2.24) is 10.2 Å². The van der Waals surface area contributed by atoms with Crippen molar-refractivity contribution in [1.29, 1.82) is 0 Å². The highest BCUT2D eigenvalue weighted by molar-refractivity contribution is 5.77. The number of nitrogens with zero attached hydrogens (tertiary/aromatic N) is 1. The lowest BCUT2D eigenvalue weighted by Gasteiger charge is -2.33. The second-order valence-corrected chi connectivity index (χ2v) is 8.52. The summed E-state index contributed by atoms with van der Waals surface area (Å²) in [6, 6.07) is 15.8. The highest BCUT2D eigenvalue weighted by Crippen LogP contribution is 2.25. The molecular weight excluding hydrogens is 420 g/mol. The molecule has 1 atom stereocenters. The first-order valence-electron chi connectivity index (χ1n) is 11.8. The number of benzene rings is 2. The Kier molecular flexibility index (Phi) is 8.19. The van der Waals surface area contributed by atoms with Gasteiger partial charge in [-0.05, 0) is 54.5 Å². The van der Waals surface area contributed by atoms with Gasteiger partial charge in [0.15, 0.2) is 0 Å². The molecule has 2 aromatic carbocycles. The smallest absolute Gasteiger partial charge is 0.407 e. The first-order valence-corrected chi connectivity index (χ1v) is 11.8. The van der Waals surface area contributed by atoms with E-state index in [1.54, 1.807) is 4.90 Å². The van der Waals surface area contributed by atoms with Gasteiger partial charge in [0.05, 0.1) is 13.2 Å². The largest absolute Gasteiger partial charge is 0.491 e. The van der Waals surface area contributed by atoms with Gasteiger partial charge < -0.3 is 24.4 Å². The second kappa shape index (κ2) is 11.7. The minimum atomic E-state index is -0.523. The molecule has 2 aromatic rings. The fraction of sp³-hybridized carbons (Fsp3) is 0.462. The average Bonchev–Trinajstić information content (AvgIpc) is 2.87. The molecule has 0 saturated carbocycles. The van der Waals surface area contributed by atoms with Crippen molar-refractivity contribution in [2.75, 3.05) is 32.8 Å². The number of hydrogen-bond donors (Lipinski definition) is 1. The fourth-order valence-corrected chi connectivity index (χ4v) is 4.24. The Bertz CT molecular complexity index is 934. The second-order valence-electron chi connectivity index (χ2n) is 8.52. The Labute approximate surface area is 195 Å². The van der Waals surface area contributed by atoms with Gasteiger partial charge in [0.1, 0.15) is 25.1 Å². The van der Waals surface area contributed by atoms with Crippen molar-refractivity contribution in [2.45, 2.75) is 44.8 Å². The number of fused-ring (bicyclic) bond motifs is 1. The van der Waals surface area contributed by atoms with Gasteiger partial charge in [-0.15, -0.1) is 0 Å². The third-order valence-corrected chi connectivity index (χ3v) is 6.07. The van der Waals surface area contributed by atoms with Crippen LogP contribution in [0.2, 0.25) is 0 Å². The van der Waals surface area contributed by atoms with Crippen molar-refractivity contribution in [2.24, 2.45) is 0 Å². The summed E-state index contributed by atoms with van der Waals surface area (Å²) in [5, 5.41) is 2.64. The summed E-state index contributed by atoms with van der Waals surface area (Å²) < 4.78 is 16.9. The van der Waals surface area contributed by atoms with Crippen molar-refractivity contribution < 1.29 is 23.8 Å². The molecule has 2 aliphatic rings. The van der Waals surface area contributed by atoms with Crippen molar-refractivity contribution in [3.63, 3.8) is 0 Å². The third kappa shape index (κ3) is 6.96. The lowest BCUT2D eigenvalue weighted by Crippen LogP contribution is -2.48. The number of hydrogen-bond acceptors (Lipinski definition) is 5. The van der Waals surface area contributed by atoms with Crippen LogP contribution in [0.25, 0.3) is 0 Å². The Hall–Kier alpha value is -3.06. The van der Waals surface area contributed by atoms with E-state index in [2.05, 4.69) is 17.4 Å². The lowest BCUT2D eigenvalue weighted by molar-refractivity contribution is -0.139. The maximum Gasteiger partial charge on any atom is 0.407 e. The first-order chi connectivity index (χ1) is 16.2. The molecule has 2 amide bonds. The van der Waals surface area contributed by atoms with Gasteiger partial charge in [-0.25, -0.2) is 4.79 Å². The maximum atomic E-state index is 12.6. The summed E-state index contributed by atoms with van der Waals surface area (Å²) in [6.07, 6.45) is 4.29. The highest BCUT2D eigenvalue weighted by Gasteiger charge is 2.24. The minimum Gasteiger partial charge on any atom is -0.491 e. The standard InChI is InChI=1S/C26H32N2O5/c29-25(12-13-27-26(30)33-18-20-6-2-1-3-7-20)28-14-15-31-24(17-28)19-32-23-11-10-21-8-4-5-9-22(21)16-23/h1-3,6-7,10-11,16,24H,4-5,8-9,12-15,17-19H2,(H,27,30)/t24-/m1/s1. The predicted octanol–water partition coefficient (Wildman–Crippen LogP) is 3.49. The number of aryl methyl sites for hydroxylation is 2. The monoisotopic (exact) mass is 452 g/mol. The van der Waals surface area contributed by atoms with Crippen LogP contribution >= 0.6 is 0 Å². The van der Waals surface area contributed by atoms with Crippen molar-refractivity contribution in [3.8, 4) is 5.75 Å². The Balaban J connectivity index is 1.15. The molecule has 1 N–H and O–H groups in total. The molecule has 7 heteroatoms. The summed E-state index contributed by atoms with van der Waals surface area (Å²) in [7, 11) is 0. The quantitative estimate of drug-likeness (QED) is 0.664. The summed E-state index contributed by atoms with van der Waals surface area (Å²) in [6.45, 7) is 2.37. The van der Waals surface area contributed by atoms with E-state index in [4.69, 9.17) is 14.2 Å². The number of carbonyl (C=O) groups excluding carboxylic acids is 2. The number of rotatable bonds is 8. The van der Waals surface area contributed by atoms with Gasteiger partial charge in [0.25, 0.3) is 0 Å². The molecule has 4 rings (SSSR count). The average molecular weight is 453 g/mol. The maximum absolute atomic E-state index is 12.6. The molecule has 1 aliphatic heterocycles. The molecular formula is C26H32N2O5.